The summed E-state index contributed by atoms with van der Waals surface area (Å²) in [6.07, 6.45) is 2.57. The normalized spacial score (nSPS) is 20.7. The van der Waals surface area contributed by atoms with Crippen molar-refractivity contribution in [2.24, 2.45) is 5.92 Å². The van der Waals surface area contributed by atoms with Crippen LogP contribution >= 0.6 is 40.7 Å². The molecule has 1 aliphatic heterocycles. The number of benzene rings is 1. The minimum Gasteiger partial charge on any atom is -0.314 e. The topological polar surface area (TPSA) is 15.3 Å². The quantitative estimate of drug-likeness (QED) is 0.851. The third kappa shape index (κ3) is 4.08. The van der Waals surface area contributed by atoms with E-state index >= 15 is 0 Å². The molecule has 1 heterocycles. The van der Waals surface area contributed by atoms with E-state index in [1.54, 1.807) is 6.07 Å². The molecule has 1 aromatic carbocycles. The van der Waals surface area contributed by atoms with E-state index < -0.39 is 0 Å². The van der Waals surface area contributed by atoms with Crippen LogP contribution in [0.5, 0.6) is 0 Å². The van der Waals surface area contributed by atoms with Gasteiger partial charge in [-0.1, -0.05) is 6.07 Å². The highest BCUT2D eigenvalue weighted by atomic mass is 79.9. The maximum Gasteiger partial charge on any atom is 0.137 e. The predicted molar refractivity (Wildman–Crippen MR) is 88.5 cm³/mol. The molecule has 1 saturated carbocycles. The zero-order valence-electron chi connectivity index (χ0n) is 11.1. The van der Waals surface area contributed by atoms with Gasteiger partial charge in [0.2, 0.25) is 0 Å². The van der Waals surface area contributed by atoms with Gasteiger partial charge in [0.1, 0.15) is 5.82 Å². The van der Waals surface area contributed by atoms with E-state index in [-0.39, 0.29) is 30.6 Å². The van der Waals surface area contributed by atoms with Crippen LogP contribution in [-0.2, 0) is 0 Å². The fraction of sp³-hybridized carbons (Fsp3) is 0.571. The summed E-state index contributed by atoms with van der Waals surface area (Å²) in [5.41, 5.74) is 1.14. The Bertz CT molecular complexity index is 437. The van der Waals surface area contributed by atoms with Crippen molar-refractivity contribution >= 4 is 40.7 Å². The Balaban J connectivity index is 0.000001000. The first kappa shape index (κ1) is 18.2. The summed E-state index contributed by atoms with van der Waals surface area (Å²) in [6, 6.07) is 6.02. The standard InChI is InChI=1S/C14H18BrFN2.2ClH/c15-12-4-3-11(9-13(12)16)14(10-1-2-10)18-7-5-17-6-8-18;;/h3-4,9-10,14,17H,1-2,5-8H2;2*1H/t14-;;/m0../s1. The molecule has 0 unspecified atom stereocenters. The number of hydrogen-bond donors (Lipinski definition) is 1. The molecule has 1 N–H and O–H groups in total. The minimum absolute atomic E-state index is 0. The zero-order chi connectivity index (χ0) is 12.5. The van der Waals surface area contributed by atoms with Crippen LogP contribution in [0.4, 0.5) is 4.39 Å². The number of nitrogens with zero attached hydrogens (tertiary/aromatic N) is 1. The molecule has 0 aromatic heterocycles. The van der Waals surface area contributed by atoms with Crippen LogP contribution in [0.3, 0.4) is 0 Å². The maximum absolute atomic E-state index is 13.7. The molecule has 20 heavy (non-hydrogen) atoms. The van der Waals surface area contributed by atoms with Crippen LogP contribution in [0.25, 0.3) is 0 Å². The summed E-state index contributed by atoms with van der Waals surface area (Å²) in [7, 11) is 0. The predicted octanol–water partition coefficient (Wildman–Crippen LogP) is 3.79. The Labute approximate surface area is 140 Å². The Morgan fingerprint density at radius 2 is 1.85 bits per heavy atom. The molecule has 2 nitrogen and oxygen atoms in total. The van der Waals surface area contributed by atoms with Crippen LogP contribution in [-0.4, -0.2) is 31.1 Å². The summed E-state index contributed by atoms with van der Waals surface area (Å²) in [4.78, 5) is 2.51. The van der Waals surface area contributed by atoms with E-state index in [0.717, 1.165) is 37.7 Å². The summed E-state index contributed by atoms with van der Waals surface area (Å²) < 4.78 is 14.3. The molecular formula is C14H20BrCl2FN2. The summed E-state index contributed by atoms with van der Waals surface area (Å²) >= 11 is 3.23. The van der Waals surface area contributed by atoms with Gasteiger partial charge in [0.25, 0.3) is 0 Å². The monoisotopic (exact) mass is 384 g/mol. The Hall–Kier alpha value is 0.130. The van der Waals surface area contributed by atoms with Gasteiger partial charge in [0.15, 0.2) is 0 Å². The Kier molecular flexibility index (Phi) is 7.22. The SMILES string of the molecule is Cl.Cl.Fc1cc([C@H](C2CC2)N2CCNCC2)ccc1Br. The number of rotatable bonds is 3. The second-order valence-electron chi connectivity index (χ2n) is 5.24. The van der Waals surface area contributed by atoms with Gasteiger partial charge in [0.05, 0.1) is 4.47 Å². The Morgan fingerprint density at radius 1 is 1.20 bits per heavy atom. The van der Waals surface area contributed by atoms with Gasteiger partial charge in [-0.2, -0.15) is 0 Å². The van der Waals surface area contributed by atoms with E-state index in [2.05, 4.69) is 32.2 Å². The first-order valence-electron chi connectivity index (χ1n) is 6.65. The summed E-state index contributed by atoms with van der Waals surface area (Å²) in [5.74, 6) is 0.581. The average molecular weight is 386 g/mol. The second-order valence-corrected chi connectivity index (χ2v) is 6.10. The fourth-order valence-electron chi connectivity index (χ4n) is 2.85. The van der Waals surface area contributed by atoms with Crippen molar-refractivity contribution in [3.8, 4) is 0 Å². The first-order chi connectivity index (χ1) is 8.75. The van der Waals surface area contributed by atoms with Crippen molar-refractivity contribution in [2.45, 2.75) is 18.9 Å². The lowest BCUT2D eigenvalue weighted by Crippen LogP contribution is -2.45. The molecule has 0 amide bonds. The molecule has 1 atom stereocenters. The smallest absolute Gasteiger partial charge is 0.137 e. The highest BCUT2D eigenvalue weighted by Crippen LogP contribution is 2.45. The van der Waals surface area contributed by atoms with E-state index in [4.69, 9.17) is 0 Å². The largest absolute Gasteiger partial charge is 0.314 e. The molecule has 0 radical (unpaired) electrons. The molecule has 0 spiro atoms. The molecule has 2 fully saturated rings. The molecule has 3 rings (SSSR count). The van der Waals surface area contributed by atoms with E-state index in [1.165, 1.54) is 12.8 Å². The average Bonchev–Trinajstić information content (AvgIpc) is 3.20. The maximum atomic E-state index is 13.7. The van der Waals surface area contributed by atoms with Crippen molar-refractivity contribution in [2.75, 3.05) is 26.2 Å². The lowest BCUT2D eigenvalue weighted by molar-refractivity contribution is 0.156. The lowest BCUT2D eigenvalue weighted by atomic mass is 10.00. The molecule has 1 aromatic rings. The lowest BCUT2D eigenvalue weighted by Gasteiger charge is -2.35. The van der Waals surface area contributed by atoms with E-state index in [0.29, 0.717) is 10.5 Å². The van der Waals surface area contributed by atoms with Crippen molar-refractivity contribution in [1.29, 1.82) is 0 Å². The zero-order valence-corrected chi connectivity index (χ0v) is 14.4. The molecule has 0 bridgehead atoms. The number of halogens is 4. The highest BCUT2D eigenvalue weighted by Gasteiger charge is 2.36. The van der Waals surface area contributed by atoms with Crippen molar-refractivity contribution in [1.82, 2.24) is 10.2 Å². The van der Waals surface area contributed by atoms with Gasteiger partial charge in [-0.05, 0) is 52.4 Å². The van der Waals surface area contributed by atoms with Crippen LogP contribution in [0.2, 0.25) is 0 Å². The molecule has 1 saturated heterocycles. The highest BCUT2D eigenvalue weighted by molar-refractivity contribution is 9.10. The fourth-order valence-corrected chi connectivity index (χ4v) is 3.10. The van der Waals surface area contributed by atoms with Gasteiger partial charge in [-0.25, -0.2) is 4.39 Å². The van der Waals surface area contributed by atoms with Crippen molar-refractivity contribution in [3.05, 3.63) is 34.1 Å². The van der Waals surface area contributed by atoms with Crippen LogP contribution in [0, 0.1) is 11.7 Å². The van der Waals surface area contributed by atoms with Crippen molar-refractivity contribution in [3.63, 3.8) is 0 Å². The van der Waals surface area contributed by atoms with Gasteiger partial charge in [-0.15, -0.1) is 24.8 Å². The summed E-state index contributed by atoms with van der Waals surface area (Å²) in [5, 5.41) is 3.38. The van der Waals surface area contributed by atoms with E-state index in [9.17, 15) is 4.39 Å². The van der Waals surface area contributed by atoms with Crippen LogP contribution < -0.4 is 5.32 Å². The van der Waals surface area contributed by atoms with Gasteiger partial charge in [-0.3, -0.25) is 4.90 Å². The van der Waals surface area contributed by atoms with Gasteiger partial charge >= 0.3 is 0 Å². The van der Waals surface area contributed by atoms with Crippen LogP contribution in [0.15, 0.2) is 22.7 Å². The van der Waals surface area contributed by atoms with Crippen molar-refractivity contribution < 1.29 is 4.39 Å². The minimum atomic E-state index is -0.145. The number of piperazine rings is 1. The van der Waals surface area contributed by atoms with Gasteiger partial charge in [0, 0.05) is 32.2 Å². The third-order valence-electron chi connectivity index (χ3n) is 3.90. The first-order valence-corrected chi connectivity index (χ1v) is 7.45. The molecular weight excluding hydrogens is 366 g/mol. The molecule has 2 aliphatic rings. The molecule has 6 heteroatoms. The van der Waals surface area contributed by atoms with Crippen LogP contribution in [0.1, 0.15) is 24.4 Å². The van der Waals surface area contributed by atoms with E-state index in [1.807, 2.05) is 6.07 Å². The van der Waals surface area contributed by atoms with Gasteiger partial charge < -0.3 is 5.32 Å². The number of hydrogen-bond acceptors (Lipinski definition) is 2. The number of nitrogens with one attached hydrogen (secondary N) is 1. The third-order valence-corrected chi connectivity index (χ3v) is 4.54. The molecule has 114 valence electrons. The Morgan fingerprint density at radius 3 is 2.40 bits per heavy atom. The summed E-state index contributed by atoms with van der Waals surface area (Å²) in [6.45, 7) is 4.22. The molecule has 1 aliphatic carbocycles. The second kappa shape index (κ2) is 7.95.